The van der Waals surface area contributed by atoms with Crippen LogP contribution in [0.25, 0.3) is 0 Å². The molecule has 1 heterocycles. The van der Waals surface area contributed by atoms with Gasteiger partial charge in [0.25, 0.3) is 0 Å². The summed E-state index contributed by atoms with van der Waals surface area (Å²) in [6.07, 6.45) is 2.54. The summed E-state index contributed by atoms with van der Waals surface area (Å²) >= 11 is 5.73. The predicted molar refractivity (Wildman–Crippen MR) is 63.4 cm³/mol. The van der Waals surface area contributed by atoms with Gasteiger partial charge in [-0.05, 0) is 18.2 Å². The van der Waals surface area contributed by atoms with Crippen LogP contribution in [0, 0.1) is 5.82 Å². The Bertz CT molecular complexity index is 587. The summed E-state index contributed by atoms with van der Waals surface area (Å²) < 4.78 is 18.3. The van der Waals surface area contributed by atoms with Crippen LogP contribution < -0.4 is 4.74 Å². The number of nitrogens with zero attached hydrogens (tertiary/aromatic N) is 2. The summed E-state index contributed by atoms with van der Waals surface area (Å²) in [5.74, 6) is -1.17. The second kappa shape index (κ2) is 5.10. The fraction of sp³-hybridized carbons (Fsp3) is 0.0833. The molecule has 4 nitrogen and oxygen atoms in total. The van der Waals surface area contributed by atoms with Gasteiger partial charge in [-0.2, -0.15) is 0 Å². The molecule has 92 valence electrons. The van der Waals surface area contributed by atoms with Crippen molar-refractivity contribution in [3.05, 3.63) is 52.6 Å². The number of ether oxygens (including phenoxy) is 1. The van der Waals surface area contributed by atoms with E-state index in [-0.39, 0.29) is 22.2 Å². The third-order valence-corrected chi connectivity index (χ3v) is 2.48. The second-order valence-corrected chi connectivity index (χ2v) is 3.85. The maximum absolute atomic E-state index is 13.5. The highest BCUT2D eigenvalue weighted by Gasteiger charge is 2.15. The van der Waals surface area contributed by atoms with Crippen molar-refractivity contribution >= 4 is 17.4 Å². The lowest BCUT2D eigenvalue weighted by Gasteiger charge is -2.03. The summed E-state index contributed by atoms with van der Waals surface area (Å²) in [4.78, 5) is 19.6. The van der Waals surface area contributed by atoms with Crippen molar-refractivity contribution in [3.63, 3.8) is 0 Å². The zero-order valence-corrected chi connectivity index (χ0v) is 10.1. The molecule has 6 heteroatoms. The third kappa shape index (κ3) is 2.46. The van der Waals surface area contributed by atoms with Crippen molar-refractivity contribution in [1.29, 1.82) is 0 Å². The Balaban J connectivity index is 2.38. The van der Waals surface area contributed by atoms with Crippen LogP contribution in [-0.4, -0.2) is 22.9 Å². The van der Waals surface area contributed by atoms with E-state index in [0.717, 1.165) is 6.07 Å². The second-order valence-electron chi connectivity index (χ2n) is 3.41. The lowest BCUT2D eigenvalue weighted by Crippen LogP contribution is -2.06. The van der Waals surface area contributed by atoms with E-state index in [4.69, 9.17) is 16.3 Å². The average Bonchev–Trinajstić information content (AvgIpc) is 2.41. The van der Waals surface area contributed by atoms with Crippen LogP contribution in [0.2, 0.25) is 5.02 Å². The lowest BCUT2D eigenvalue weighted by molar-refractivity contribution is 0.103. The van der Waals surface area contributed by atoms with Gasteiger partial charge >= 0.3 is 6.01 Å². The fourth-order valence-corrected chi connectivity index (χ4v) is 1.54. The van der Waals surface area contributed by atoms with Crippen molar-refractivity contribution in [2.45, 2.75) is 0 Å². The van der Waals surface area contributed by atoms with Crippen molar-refractivity contribution in [2.24, 2.45) is 0 Å². The number of ketones is 1. The summed E-state index contributed by atoms with van der Waals surface area (Å²) in [6.45, 7) is 0. The number of benzene rings is 1. The maximum atomic E-state index is 13.5. The average molecular weight is 267 g/mol. The van der Waals surface area contributed by atoms with E-state index in [2.05, 4.69) is 9.97 Å². The number of halogens is 2. The SMILES string of the molecule is COc1ncc(C(=O)c2cc(Cl)ccc2F)cn1. The largest absolute Gasteiger partial charge is 0.467 e. The highest BCUT2D eigenvalue weighted by atomic mass is 35.5. The zero-order valence-electron chi connectivity index (χ0n) is 9.35. The van der Waals surface area contributed by atoms with E-state index in [1.165, 1.54) is 31.6 Å². The molecule has 0 saturated heterocycles. The van der Waals surface area contributed by atoms with Gasteiger partial charge in [0.1, 0.15) is 5.82 Å². The van der Waals surface area contributed by atoms with Gasteiger partial charge < -0.3 is 4.74 Å². The monoisotopic (exact) mass is 266 g/mol. The Labute approximate surface area is 107 Å². The molecule has 0 fully saturated rings. The number of carbonyl (C=O) groups excluding carboxylic acids is 1. The van der Waals surface area contributed by atoms with Crippen LogP contribution in [0.3, 0.4) is 0 Å². The molecule has 0 unspecified atom stereocenters. The number of carbonyl (C=O) groups is 1. The van der Waals surface area contributed by atoms with Gasteiger partial charge in [-0.15, -0.1) is 0 Å². The standard InChI is InChI=1S/C12H8ClFN2O2/c1-18-12-15-5-7(6-16-12)11(17)9-4-8(13)2-3-10(9)14/h2-6H,1H3. The Morgan fingerprint density at radius 2 is 2.00 bits per heavy atom. The number of aromatic nitrogens is 2. The van der Waals surface area contributed by atoms with Gasteiger partial charge in [-0.1, -0.05) is 11.6 Å². The first-order valence-electron chi connectivity index (χ1n) is 4.97. The van der Waals surface area contributed by atoms with Crippen molar-refractivity contribution in [1.82, 2.24) is 9.97 Å². The fourth-order valence-electron chi connectivity index (χ4n) is 1.37. The molecule has 18 heavy (non-hydrogen) atoms. The number of rotatable bonds is 3. The van der Waals surface area contributed by atoms with Gasteiger partial charge in [-0.3, -0.25) is 4.79 Å². The first-order valence-corrected chi connectivity index (χ1v) is 5.35. The highest BCUT2D eigenvalue weighted by molar-refractivity contribution is 6.31. The minimum atomic E-state index is -0.639. The van der Waals surface area contributed by atoms with Crippen LogP contribution in [-0.2, 0) is 0 Å². The molecule has 0 amide bonds. The Kier molecular flexibility index (Phi) is 3.53. The minimum Gasteiger partial charge on any atom is -0.467 e. The minimum absolute atomic E-state index is 0.115. The Morgan fingerprint density at radius 3 is 2.61 bits per heavy atom. The summed E-state index contributed by atoms with van der Waals surface area (Å²) in [5.41, 5.74) is 0.0493. The predicted octanol–water partition coefficient (Wildman–Crippen LogP) is 2.51. The topological polar surface area (TPSA) is 52.1 Å². The molecular weight excluding hydrogens is 259 g/mol. The normalized spacial score (nSPS) is 10.2. The van der Waals surface area contributed by atoms with Gasteiger partial charge in [-0.25, -0.2) is 14.4 Å². The third-order valence-electron chi connectivity index (χ3n) is 2.25. The molecule has 1 aromatic heterocycles. The zero-order chi connectivity index (χ0) is 13.1. The van der Waals surface area contributed by atoms with E-state index in [1.54, 1.807) is 0 Å². The molecule has 0 bridgehead atoms. The van der Waals surface area contributed by atoms with E-state index in [0.29, 0.717) is 0 Å². The molecule has 0 aliphatic rings. The number of hydrogen-bond acceptors (Lipinski definition) is 4. The first-order chi connectivity index (χ1) is 8.61. The summed E-state index contributed by atoms with van der Waals surface area (Å²) in [6, 6.07) is 3.92. The molecule has 0 aliphatic heterocycles. The van der Waals surface area contributed by atoms with Gasteiger partial charge in [0.05, 0.1) is 18.2 Å². The number of hydrogen-bond donors (Lipinski definition) is 0. The molecule has 2 rings (SSSR count). The molecule has 1 aromatic carbocycles. The van der Waals surface area contributed by atoms with Crippen LogP contribution in [0.15, 0.2) is 30.6 Å². The molecule has 0 spiro atoms. The molecule has 0 aliphatic carbocycles. The van der Waals surface area contributed by atoms with E-state index >= 15 is 0 Å². The van der Waals surface area contributed by atoms with Crippen molar-refractivity contribution < 1.29 is 13.9 Å². The highest BCUT2D eigenvalue weighted by Crippen LogP contribution is 2.18. The smallest absolute Gasteiger partial charge is 0.316 e. The molecule has 0 N–H and O–H groups in total. The molecular formula is C12H8ClFN2O2. The van der Waals surface area contributed by atoms with Gasteiger partial charge in [0.15, 0.2) is 5.78 Å². The van der Waals surface area contributed by atoms with Gasteiger partial charge in [0.2, 0.25) is 0 Å². The van der Waals surface area contributed by atoms with E-state index in [9.17, 15) is 9.18 Å². The van der Waals surface area contributed by atoms with E-state index < -0.39 is 11.6 Å². The van der Waals surface area contributed by atoms with E-state index in [1.807, 2.05) is 0 Å². The Morgan fingerprint density at radius 1 is 1.33 bits per heavy atom. The maximum Gasteiger partial charge on any atom is 0.316 e. The lowest BCUT2D eigenvalue weighted by atomic mass is 10.1. The quantitative estimate of drug-likeness (QED) is 0.801. The molecule has 2 aromatic rings. The first kappa shape index (κ1) is 12.4. The van der Waals surface area contributed by atoms with Crippen LogP contribution in [0.4, 0.5) is 4.39 Å². The van der Waals surface area contributed by atoms with Crippen LogP contribution in [0.5, 0.6) is 6.01 Å². The van der Waals surface area contributed by atoms with Crippen LogP contribution in [0.1, 0.15) is 15.9 Å². The summed E-state index contributed by atoms with van der Waals surface area (Å²) in [7, 11) is 1.41. The number of methoxy groups -OCH3 is 1. The van der Waals surface area contributed by atoms with Crippen molar-refractivity contribution in [2.75, 3.05) is 7.11 Å². The molecule has 0 saturated carbocycles. The Hall–Kier alpha value is -2.01. The molecule has 0 atom stereocenters. The van der Waals surface area contributed by atoms with Gasteiger partial charge in [0, 0.05) is 17.4 Å². The summed E-state index contributed by atoms with van der Waals surface area (Å²) in [5, 5.41) is 0.286. The van der Waals surface area contributed by atoms with Crippen molar-refractivity contribution in [3.8, 4) is 6.01 Å². The van der Waals surface area contributed by atoms with Crippen LogP contribution >= 0.6 is 11.6 Å². The molecule has 0 radical (unpaired) electrons.